The van der Waals surface area contributed by atoms with E-state index in [9.17, 15) is 19.4 Å². The molecule has 1 aliphatic rings. The first-order chi connectivity index (χ1) is 15.3. The topological polar surface area (TPSA) is 94.5 Å². The minimum absolute atomic E-state index is 0.114. The van der Waals surface area contributed by atoms with Gasteiger partial charge in [0.1, 0.15) is 36.8 Å². The summed E-state index contributed by atoms with van der Waals surface area (Å²) in [4.78, 5) is 11.4. The van der Waals surface area contributed by atoms with Crippen LogP contribution in [-0.2, 0) is 20.6 Å². The van der Waals surface area contributed by atoms with E-state index in [4.69, 9.17) is 14.2 Å². The molecule has 5 unspecified atom stereocenters. The molecule has 9 heteroatoms. The van der Waals surface area contributed by atoms with E-state index in [-0.39, 0.29) is 6.61 Å². The van der Waals surface area contributed by atoms with Gasteiger partial charge in [0.25, 0.3) is 0 Å². The summed E-state index contributed by atoms with van der Waals surface area (Å²) >= 11 is 3.54. The molecular formula is C23H26BrFO7. The van der Waals surface area contributed by atoms with Crippen LogP contribution in [0.4, 0.5) is 9.18 Å². The number of rotatable bonds is 7. The first-order valence-corrected chi connectivity index (χ1v) is 11.0. The Morgan fingerprint density at radius 2 is 1.84 bits per heavy atom. The standard InChI is InChI=1S/C23H26BrFO7/c1-3-30-23(28)31-12-18-19(25)20(26)21(27)22(32-18)14-6-9-17(24)15(11-14)10-13-4-7-16(29-2)8-5-13/h4-9,11,18-22,26-27H,3,10,12H2,1-2H3. The van der Waals surface area contributed by atoms with E-state index >= 15 is 0 Å². The van der Waals surface area contributed by atoms with Crippen molar-refractivity contribution in [3.8, 4) is 5.75 Å². The van der Waals surface area contributed by atoms with E-state index < -0.39 is 43.3 Å². The van der Waals surface area contributed by atoms with Gasteiger partial charge < -0.3 is 29.2 Å². The molecule has 2 N–H and O–H groups in total. The smallest absolute Gasteiger partial charge is 0.497 e. The van der Waals surface area contributed by atoms with Crippen molar-refractivity contribution < 1.29 is 38.3 Å². The lowest BCUT2D eigenvalue weighted by molar-refractivity contribution is -0.215. The second-order valence-corrected chi connectivity index (χ2v) is 8.24. The number of hydrogen-bond donors (Lipinski definition) is 2. The van der Waals surface area contributed by atoms with Gasteiger partial charge in [0.2, 0.25) is 0 Å². The maximum Gasteiger partial charge on any atom is 0.508 e. The first-order valence-electron chi connectivity index (χ1n) is 10.2. The molecule has 0 radical (unpaired) electrons. The third-order valence-electron chi connectivity index (χ3n) is 5.24. The number of carbonyl (C=O) groups is 1. The fourth-order valence-electron chi connectivity index (χ4n) is 3.52. The number of methoxy groups -OCH3 is 1. The lowest BCUT2D eigenvalue weighted by atomic mass is 9.90. The maximum absolute atomic E-state index is 14.5. The van der Waals surface area contributed by atoms with E-state index in [2.05, 4.69) is 20.7 Å². The summed E-state index contributed by atoms with van der Waals surface area (Å²) < 4.78 is 35.8. The maximum atomic E-state index is 14.5. The Balaban J connectivity index is 1.78. The number of alkyl halides is 1. The molecular weight excluding hydrogens is 487 g/mol. The lowest BCUT2D eigenvalue weighted by Gasteiger charge is -2.39. The highest BCUT2D eigenvalue weighted by atomic mass is 79.9. The van der Waals surface area contributed by atoms with Gasteiger partial charge in [-0.25, -0.2) is 9.18 Å². The first kappa shape index (κ1) is 24.4. The summed E-state index contributed by atoms with van der Waals surface area (Å²) in [6, 6.07) is 13.0. The molecule has 174 valence electrons. The quantitative estimate of drug-likeness (QED) is 0.545. The Kier molecular flexibility index (Phi) is 8.47. The second kappa shape index (κ2) is 11.1. The molecule has 2 aromatic rings. The number of aliphatic hydroxyl groups is 2. The fraction of sp³-hybridized carbons (Fsp3) is 0.435. The van der Waals surface area contributed by atoms with Gasteiger partial charge in [-0.05, 0) is 48.2 Å². The molecule has 0 amide bonds. The van der Waals surface area contributed by atoms with Gasteiger partial charge in [-0.15, -0.1) is 0 Å². The second-order valence-electron chi connectivity index (χ2n) is 7.39. The van der Waals surface area contributed by atoms with Gasteiger partial charge in [-0.3, -0.25) is 0 Å². The van der Waals surface area contributed by atoms with Crippen LogP contribution in [0.1, 0.15) is 29.7 Å². The predicted octanol–water partition coefficient (Wildman–Crippen LogP) is 3.72. The number of ether oxygens (including phenoxy) is 4. The molecule has 1 saturated heterocycles. The summed E-state index contributed by atoms with van der Waals surface area (Å²) in [6.45, 7) is 1.28. The van der Waals surface area contributed by atoms with Crippen LogP contribution < -0.4 is 4.74 Å². The average Bonchev–Trinajstić information content (AvgIpc) is 2.79. The third-order valence-corrected chi connectivity index (χ3v) is 6.02. The van der Waals surface area contributed by atoms with Crippen LogP contribution in [0.15, 0.2) is 46.9 Å². The van der Waals surface area contributed by atoms with Crippen molar-refractivity contribution in [1.29, 1.82) is 0 Å². The highest BCUT2D eigenvalue weighted by Crippen LogP contribution is 2.35. The summed E-state index contributed by atoms with van der Waals surface area (Å²) in [6.07, 6.45) is -7.73. The summed E-state index contributed by atoms with van der Waals surface area (Å²) in [5.41, 5.74) is 2.52. The minimum Gasteiger partial charge on any atom is -0.497 e. The average molecular weight is 513 g/mol. The highest BCUT2D eigenvalue weighted by Gasteiger charge is 2.46. The van der Waals surface area contributed by atoms with E-state index in [1.165, 1.54) is 0 Å². The predicted molar refractivity (Wildman–Crippen MR) is 117 cm³/mol. The Bertz CT molecular complexity index is 908. The van der Waals surface area contributed by atoms with Gasteiger partial charge in [-0.1, -0.05) is 40.2 Å². The molecule has 5 atom stereocenters. The Morgan fingerprint density at radius 1 is 1.12 bits per heavy atom. The molecule has 1 aliphatic heterocycles. The molecule has 7 nitrogen and oxygen atoms in total. The van der Waals surface area contributed by atoms with Crippen molar-refractivity contribution in [3.63, 3.8) is 0 Å². The van der Waals surface area contributed by atoms with E-state index in [0.29, 0.717) is 12.0 Å². The SMILES string of the molecule is CCOC(=O)OCC1OC(c2ccc(Br)c(Cc3ccc(OC)cc3)c2)C(O)C(O)C1F. The fourth-order valence-corrected chi connectivity index (χ4v) is 3.91. The van der Waals surface area contributed by atoms with Crippen LogP contribution in [0.25, 0.3) is 0 Å². The zero-order chi connectivity index (χ0) is 23.3. The van der Waals surface area contributed by atoms with E-state index in [0.717, 1.165) is 21.3 Å². The Hall–Kier alpha value is -2.20. The summed E-state index contributed by atoms with van der Waals surface area (Å²) in [5.74, 6) is 0.756. The van der Waals surface area contributed by atoms with Gasteiger partial charge >= 0.3 is 6.16 Å². The highest BCUT2D eigenvalue weighted by molar-refractivity contribution is 9.10. The Labute approximate surface area is 194 Å². The van der Waals surface area contributed by atoms with Crippen LogP contribution in [0.2, 0.25) is 0 Å². The van der Waals surface area contributed by atoms with Crippen LogP contribution in [0.3, 0.4) is 0 Å². The number of carbonyl (C=O) groups excluding carboxylic acids is 1. The Morgan fingerprint density at radius 3 is 2.50 bits per heavy atom. The molecule has 0 bridgehead atoms. The van der Waals surface area contributed by atoms with Crippen LogP contribution in [0, 0.1) is 0 Å². The monoisotopic (exact) mass is 512 g/mol. The van der Waals surface area contributed by atoms with Crippen molar-refractivity contribution >= 4 is 22.1 Å². The van der Waals surface area contributed by atoms with Gasteiger partial charge in [0, 0.05) is 4.47 Å². The van der Waals surface area contributed by atoms with Gasteiger partial charge in [-0.2, -0.15) is 0 Å². The van der Waals surface area contributed by atoms with Crippen LogP contribution in [0.5, 0.6) is 5.75 Å². The summed E-state index contributed by atoms with van der Waals surface area (Å²) in [5, 5.41) is 20.7. The largest absolute Gasteiger partial charge is 0.508 e. The van der Waals surface area contributed by atoms with Gasteiger partial charge in [0.05, 0.1) is 13.7 Å². The number of halogens is 2. The van der Waals surface area contributed by atoms with Crippen molar-refractivity contribution in [2.45, 2.75) is 43.9 Å². The third kappa shape index (κ3) is 5.78. The normalized spacial score (nSPS) is 25.2. The zero-order valence-electron chi connectivity index (χ0n) is 17.7. The number of hydrogen-bond acceptors (Lipinski definition) is 7. The zero-order valence-corrected chi connectivity index (χ0v) is 19.3. The number of aliphatic hydroxyl groups excluding tert-OH is 2. The minimum atomic E-state index is -1.93. The molecule has 3 rings (SSSR count). The van der Waals surface area contributed by atoms with E-state index in [1.807, 2.05) is 36.4 Å². The molecule has 0 aliphatic carbocycles. The van der Waals surface area contributed by atoms with Crippen molar-refractivity contribution in [3.05, 3.63) is 63.6 Å². The van der Waals surface area contributed by atoms with Crippen molar-refractivity contribution in [1.82, 2.24) is 0 Å². The van der Waals surface area contributed by atoms with Gasteiger partial charge in [0.15, 0.2) is 6.17 Å². The molecule has 1 fully saturated rings. The van der Waals surface area contributed by atoms with Crippen molar-refractivity contribution in [2.75, 3.05) is 20.3 Å². The molecule has 1 heterocycles. The van der Waals surface area contributed by atoms with Crippen LogP contribution in [-0.4, -0.2) is 61.2 Å². The molecule has 32 heavy (non-hydrogen) atoms. The molecule has 0 spiro atoms. The molecule has 0 aromatic heterocycles. The molecule has 2 aromatic carbocycles. The number of benzene rings is 2. The van der Waals surface area contributed by atoms with Crippen molar-refractivity contribution in [2.24, 2.45) is 0 Å². The van der Waals surface area contributed by atoms with E-state index in [1.54, 1.807) is 20.1 Å². The summed E-state index contributed by atoms with van der Waals surface area (Å²) in [7, 11) is 1.60. The van der Waals surface area contributed by atoms with Crippen LogP contribution >= 0.6 is 15.9 Å². The lowest BCUT2D eigenvalue weighted by Crippen LogP contribution is -2.53. The molecule has 0 saturated carbocycles.